The molecule has 0 saturated carbocycles. The van der Waals surface area contributed by atoms with Crippen molar-refractivity contribution in [3.8, 4) is 5.75 Å². The van der Waals surface area contributed by atoms with Crippen LogP contribution in [0.15, 0.2) is 54.6 Å². The van der Waals surface area contributed by atoms with Crippen molar-refractivity contribution in [2.24, 2.45) is 0 Å². The predicted molar refractivity (Wildman–Crippen MR) is 96.2 cm³/mol. The number of benzene rings is 2. The molecule has 136 valence electrons. The summed E-state index contributed by atoms with van der Waals surface area (Å²) in [5.74, 6) is -0.855. The number of carboxylic acid groups (broad SMARTS) is 1. The Bertz CT molecular complexity index is 762. The van der Waals surface area contributed by atoms with Gasteiger partial charge in [0, 0.05) is 13.2 Å². The van der Waals surface area contributed by atoms with Crippen LogP contribution in [-0.4, -0.2) is 36.2 Å². The van der Waals surface area contributed by atoms with Gasteiger partial charge < -0.3 is 19.5 Å². The quantitative estimate of drug-likeness (QED) is 0.737. The van der Waals surface area contributed by atoms with E-state index in [-0.39, 0.29) is 12.3 Å². The molecule has 1 amide bonds. The summed E-state index contributed by atoms with van der Waals surface area (Å²) in [7, 11) is 0. The van der Waals surface area contributed by atoms with Gasteiger partial charge in [0.25, 0.3) is 5.91 Å². The van der Waals surface area contributed by atoms with E-state index in [9.17, 15) is 9.59 Å². The number of nitrogens with zero attached hydrogens (tertiary/aromatic N) is 1. The minimum Gasteiger partial charge on any atom is -0.481 e. The van der Waals surface area contributed by atoms with Crippen LogP contribution in [-0.2, 0) is 20.9 Å². The monoisotopic (exact) mass is 355 g/mol. The van der Waals surface area contributed by atoms with E-state index in [1.54, 1.807) is 23.1 Å². The predicted octanol–water partition coefficient (Wildman–Crippen LogP) is 2.86. The molecular formula is C20H21NO5. The zero-order chi connectivity index (χ0) is 18.4. The highest BCUT2D eigenvalue weighted by Crippen LogP contribution is 2.34. The fourth-order valence-electron chi connectivity index (χ4n) is 2.88. The summed E-state index contributed by atoms with van der Waals surface area (Å²) >= 11 is 0. The largest absolute Gasteiger partial charge is 0.481 e. The summed E-state index contributed by atoms with van der Waals surface area (Å²) in [5.41, 5.74) is 1.77. The van der Waals surface area contributed by atoms with E-state index in [1.807, 2.05) is 36.4 Å². The van der Waals surface area contributed by atoms with Crippen LogP contribution in [0.2, 0.25) is 0 Å². The molecule has 0 aliphatic carbocycles. The SMILES string of the molecule is O=C(O)C[C@H]1Oc2ccccc2N(CCCOCc2ccccc2)C1=O. The van der Waals surface area contributed by atoms with Crippen LogP contribution in [0.25, 0.3) is 0 Å². The van der Waals surface area contributed by atoms with E-state index >= 15 is 0 Å². The lowest BCUT2D eigenvalue weighted by Crippen LogP contribution is -2.47. The Hall–Kier alpha value is -2.86. The fraction of sp³-hybridized carbons (Fsp3) is 0.300. The number of aliphatic carboxylic acids is 1. The molecule has 2 aromatic carbocycles. The van der Waals surface area contributed by atoms with Crippen molar-refractivity contribution in [3.05, 3.63) is 60.2 Å². The first-order valence-electron chi connectivity index (χ1n) is 8.55. The smallest absolute Gasteiger partial charge is 0.307 e. The molecule has 1 N–H and O–H groups in total. The number of ether oxygens (including phenoxy) is 2. The van der Waals surface area contributed by atoms with Crippen LogP contribution in [0.3, 0.4) is 0 Å². The van der Waals surface area contributed by atoms with E-state index in [0.717, 1.165) is 5.56 Å². The number of amides is 1. The lowest BCUT2D eigenvalue weighted by atomic mass is 10.1. The highest BCUT2D eigenvalue weighted by molar-refractivity contribution is 6.01. The number of anilines is 1. The van der Waals surface area contributed by atoms with Crippen LogP contribution in [0.5, 0.6) is 5.75 Å². The van der Waals surface area contributed by atoms with Gasteiger partial charge in [-0.15, -0.1) is 0 Å². The van der Waals surface area contributed by atoms with Crippen LogP contribution < -0.4 is 9.64 Å². The van der Waals surface area contributed by atoms with Gasteiger partial charge in [0.2, 0.25) is 0 Å². The Labute approximate surface area is 152 Å². The third kappa shape index (κ3) is 4.40. The number of para-hydroxylation sites is 2. The number of carbonyl (C=O) groups excluding carboxylic acids is 1. The van der Waals surface area contributed by atoms with Crippen molar-refractivity contribution in [2.45, 2.75) is 25.6 Å². The molecule has 0 fully saturated rings. The van der Waals surface area contributed by atoms with Gasteiger partial charge in [-0.1, -0.05) is 42.5 Å². The molecule has 3 rings (SSSR count). The minimum atomic E-state index is -1.06. The summed E-state index contributed by atoms with van der Waals surface area (Å²) in [4.78, 5) is 25.2. The minimum absolute atomic E-state index is 0.325. The fourth-order valence-corrected chi connectivity index (χ4v) is 2.88. The summed E-state index contributed by atoms with van der Waals surface area (Å²) < 4.78 is 11.2. The van der Waals surface area contributed by atoms with E-state index in [1.165, 1.54) is 0 Å². The standard InChI is InChI=1S/C20H21NO5/c22-19(23)13-18-20(24)21(16-9-4-5-10-17(16)26-18)11-6-12-25-14-15-7-2-1-3-8-15/h1-5,7-10,18H,6,11-14H2,(H,22,23)/t18-/m1/s1. The average molecular weight is 355 g/mol. The molecule has 2 aromatic rings. The molecular weight excluding hydrogens is 334 g/mol. The van der Waals surface area contributed by atoms with Gasteiger partial charge in [-0.25, -0.2) is 0 Å². The Balaban J connectivity index is 1.58. The van der Waals surface area contributed by atoms with E-state index in [0.29, 0.717) is 37.6 Å². The maximum Gasteiger partial charge on any atom is 0.307 e. The lowest BCUT2D eigenvalue weighted by Gasteiger charge is -2.33. The van der Waals surface area contributed by atoms with Crippen molar-refractivity contribution in [2.75, 3.05) is 18.1 Å². The van der Waals surface area contributed by atoms with Gasteiger partial charge in [-0.05, 0) is 24.1 Å². The molecule has 0 bridgehead atoms. The van der Waals surface area contributed by atoms with E-state index < -0.39 is 12.1 Å². The van der Waals surface area contributed by atoms with Gasteiger partial charge in [0.15, 0.2) is 6.10 Å². The first-order chi connectivity index (χ1) is 12.6. The maximum atomic E-state index is 12.6. The highest BCUT2D eigenvalue weighted by atomic mass is 16.5. The van der Waals surface area contributed by atoms with Crippen LogP contribution in [0, 0.1) is 0 Å². The third-order valence-electron chi connectivity index (χ3n) is 4.11. The molecule has 1 aliphatic rings. The summed E-state index contributed by atoms with van der Waals surface area (Å²) in [6, 6.07) is 17.0. The lowest BCUT2D eigenvalue weighted by molar-refractivity contribution is -0.142. The summed E-state index contributed by atoms with van der Waals surface area (Å²) in [6.45, 7) is 1.48. The third-order valence-corrected chi connectivity index (χ3v) is 4.11. The molecule has 1 aliphatic heterocycles. The van der Waals surface area contributed by atoms with Crippen molar-refractivity contribution in [3.63, 3.8) is 0 Å². The van der Waals surface area contributed by atoms with Crippen molar-refractivity contribution >= 4 is 17.6 Å². The van der Waals surface area contributed by atoms with E-state index in [4.69, 9.17) is 14.6 Å². The molecule has 0 unspecified atom stereocenters. The van der Waals surface area contributed by atoms with Gasteiger partial charge >= 0.3 is 5.97 Å². The molecule has 0 spiro atoms. The Morgan fingerprint density at radius 3 is 2.62 bits per heavy atom. The molecule has 26 heavy (non-hydrogen) atoms. The van der Waals surface area contributed by atoms with Crippen LogP contribution in [0.4, 0.5) is 5.69 Å². The van der Waals surface area contributed by atoms with Gasteiger partial charge in [0.1, 0.15) is 5.75 Å². The molecule has 6 heteroatoms. The Kier molecular flexibility index (Phi) is 5.86. The number of hydrogen-bond donors (Lipinski definition) is 1. The second-order valence-corrected chi connectivity index (χ2v) is 6.05. The average Bonchev–Trinajstić information content (AvgIpc) is 2.64. The van der Waals surface area contributed by atoms with Gasteiger partial charge in [0.05, 0.1) is 18.7 Å². The number of carboxylic acids is 1. The molecule has 0 saturated heterocycles. The van der Waals surface area contributed by atoms with E-state index in [2.05, 4.69) is 0 Å². The first-order valence-corrected chi connectivity index (χ1v) is 8.55. The number of carbonyl (C=O) groups is 2. The second kappa shape index (κ2) is 8.49. The molecule has 0 radical (unpaired) electrons. The number of fused-ring (bicyclic) bond motifs is 1. The zero-order valence-electron chi connectivity index (χ0n) is 14.3. The molecule has 1 heterocycles. The van der Waals surface area contributed by atoms with Gasteiger partial charge in [-0.2, -0.15) is 0 Å². The maximum absolute atomic E-state index is 12.6. The highest BCUT2D eigenvalue weighted by Gasteiger charge is 2.35. The molecule has 1 atom stereocenters. The Morgan fingerprint density at radius 1 is 1.12 bits per heavy atom. The molecule has 6 nitrogen and oxygen atoms in total. The van der Waals surface area contributed by atoms with Crippen molar-refractivity contribution in [1.29, 1.82) is 0 Å². The van der Waals surface area contributed by atoms with Crippen LogP contribution >= 0.6 is 0 Å². The van der Waals surface area contributed by atoms with Gasteiger partial charge in [-0.3, -0.25) is 9.59 Å². The number of rotatable bonds is 8. The zero-order valence-corrected chi connectivity index (χ0v) is 14.3. The number of hydrogen-bond acceptors (Lipinski definition) is 4. The van der Waals surface area contributed by atoms with Crippen molar-refractivity contribution < 1.29 is 24.2 Å². The normalized spacial score (nSPS) is 16.1. The molecule has 0 aromatic heterocycles. The first kappa shape index (κ1) is 17.9. The Morgan fingerprint density at radius 2 is 1.85 bits per heavy atom. The summed E-state index contributed by atoms with van der Waals surface area (Å²) in [6.07, 6.45) is -0.700. The second-order valence-electron chi connectivity index (χ2n) is 6.05. The van der Waals surface area contributed by atoms with Crippen LogP contribution in [0.1, 0.15) is 18.4 Å². The summed E-state index contributed by atoms with van der Waals surface area (Å²) in [5, 5.41) is 9.00. The topological polar surface area (TPSA) is 76.1 Å². The van der Waals surface area contributed by atoms with Crippen molar-refractivity contribution in [1.82, 2.24) is 0 Å².